The minimum absolute atomic E-state index is 0.0306. The number of halogens is 2. The van der Waals surface area contributed by atoms with E-state index in [0.29, 0.717) is 22.8 Å². The molecule has 0 aliphatic rings. The first-order valence-corrected chi connectivity index (χ1v) is 8.06. The number of hydrogen-bond acceptors (Lipinski definition) is 7. The van der Waals surface area contributed by atoms with Crippen LogP contribution in [0.1, 0.15) is 0 Å². The minimum Gasteiger partial charge on any atom is -0.480 e. The third-order valence-corrected chi connectivity index (χ3v) is 3.43. The van der Waals surface area contributed by atoms with Gasteiger partial charge in [-0.3, -0.25) is 9.78 Å². The number of aromatic nitrogens is 3. The molecule has 0 bridgehead atoms. The first-order chi connectivity index (χ1) is 13.5. The van der Waals surface area contributed by atoms with E-state index in [-0.39, 0.29) is 18.2 Å². The van der Waals surface area contributed by atoms with Crippen LogP contribution in [0.4, 0.5) is 26.2 Å². The summed E-state index contributed by atoms with van der Waals surface area (Å²) in [6.45, 7) is -3.25. The smallest absolute Gasteiger partial charge is 0.387 e. The molecule has 0 saturated heterocycles. The lowest BCUT2D eigenvalue weighted by Gasteiger charge is -2.11. The summed E-state index contributed by atoms with van der Waals surface area (Å²) in [5, 5.41) is 14.5. The van der Waals surface area contributed by atoms with E-state index in [4.69, 9.17) is 5.11 Å². The Morgan fingerprint density at radius 3 is 2.61 bits per heavy atom. The molecule has 0 atom stereocenters. The van der Waals surface area contributed by atoms with E-state index in [0.717, 1.165) is 0 Å². The van der Waals surface area contributed by atoms with Crippen molar-refractivity contribution in [2.75, 3.05) is 17.2 Å². The van der Waals surface area contributed by atoms with Crippen molar-refractivity contribution in [1.82, 2.24) is 15.0 Å². The van der Waals surface area contributed by atoms with E-state index in [1.165, 1.54) is 12.1 Å². The lowest BCUT2D eigenvalue weighted by atomic mass is 10.2. The maximum absolute atomic E-state index is 12.2. The van der Waals surface area contributed by atoms with Gasteiger partial charge in [-0.05, 0) is 36.4 Å². The van der Waals surface area contributed by atoms with Crippen LogP contribution in [-0.2, 0) is 4.79 Å². The van der Waals surface area contributed by atoms with Crippen molar-refractivity contribution in [2.24, 2.45) is 0 Å². The standard InChI is InChI=1S/C18H15F2N5O3/c19-17(20)28-13-5-3-12(4-6-13)23-15-8-14(11-2-1-7-21-9-11)24-18(25-15)22-10-16(26)27/h1-9,17H,10H2,(H,26,27)(H2,22,23,24,25). The van der Waals surface area contributed by atoms with Gasteiger partial charge in [-0.25, -0.2) is 4.98 Å². The fourth-order valence-electron chi connectivity index (χ4n) is 2.27. The van der Waals surface area contributed by atoms with E-state index in [9.17, 15) is 13.6 Å². The number of aliphatic carboxylic acids is 1. The second-order valence-electron chi connectivity index (χ2n) is 5.48. The Bertz CT molecular complexity index is 940. The predicted octanol–water partition coefficient (Wildman–Crippen LogP) is 3.38. The molecule has 0 amide bonds. The molecule has 0 aliphatic heterocycles. The monoisotopic (exact) mass is 387 g/mol. The van der Waals surface area contributed by atoms with Gasteiger partial charge in [-0.2, -0.15) is 13.8 Å². The average molecular weight is 387 g/mol. The fraction of sp³-hybridized carbons (Fsp3) is 0.111. The second-order valence-corrected chi connectivity index (χ2v) is 5.48. The summed E-state index contributed by atoms with van der Waals surface area (Å²) in [6, 6.07) is 11.1. The molecule has 2 heterocycles. The molecule has 3 N–H and O–H groups in total. The molecule has 2 aromatic heterocycles. The van der Waals surface area contributed by atoms with Gasteiger partial charge in [-0.1, -0.05) is 0 Å². The van der Waals surface area contributed by atoms with Crippen LogP contribution in [0.25, 0.3) is 11.3 Å². The lowest BCUT2D eigenvalue weighted by Crippen LogP contribution is -2.15. The predicted molar refractivity (Wildman–Crippen MR) is 97.7 cm³/mol. The van der Waals surface area contributed by atoms with Crippen LogP contribution in [0, 0.1) is 0 Å². The van der Waals surface area contributed by atoms with Crippen molar-refractivity contribution in [1.29, 1.82) is 0 Å². The highest BCUT2D eigenvalue weighted by molar-refractivity contribution is 5.73. The molecular formula is C18H15F2N5O3. The van der Waals surface area contributed by atoms with Gasteiger partial charge >= 0.3 is 12.6 Å². The van der Waals surface area contributed by atoms with Crippen molar-refractivity contribution in [3.05, 3.63) is 54.9 Å². The lowest BCUT2D eigenvalue weighted by molar-refractivity contribution is -0.134. The SMILES string of the molecule is O=C(O)CNc1nc(Nc2ccc(OC(F)F)cc2)cc(-c2cccnc2)n1. The molecule has 0 unspecified atom stereocenters. The van der Waals surface area contributed by atoms with Crippen molar-refractivity contribution in [3.63, 3.8) is 0 Å². The molecule has 10 heteroatoms. The molecule has 28 heavy (non-hydrogen) atoms. The Balaban J connectivity index is 1.86. The number of benzene rings is 1. The highest BCUT2D eigenvalue weighted by atomic mass is 19.3. The minimum atomic E-state index is -2.90. The van der Waals surface area contributed by atoms with Gasteiger partial charge in [0.25, 0.3) is 0 Å². The van der Waals surface area contributed by atoms with Crippen LogP contribution in [0.2, 0.25) is 0 Å². The summed E-state index contributed by atoms with van der Waals surface area (Å²) in [7, 11) is 0. The number of ether oxygens (including phenoxy) is 1. The Kier molecular flexibility index (Phi) is 5.90. The number of carbonyl (C=O) groups is 1. The second kappa shape index (κ2) is 8.71. The van der Waals surface area contributed by atoms with Gasteiger partial charge in [0.05, 0.1) is 5.69 Å². The zero-order valence-corrected chi connectivity index (χ0v) is 14.3. The summed E-state index contributed by atoms with van der Waals surface area (Å²) >= 11 is 0. The van der Waals surface area contributed by atoms with Gasteiger partial charge in [-0.15, -0.1) is 0 Å². The summed E-state index contributed by atoms with van der Waals surface area (Å²) in [4.78, 5) is 23.4. The molecule has 0 saturated carbocycles. The first-order valence-electron chi connectivity index (χ1n) is 8.06. The maximum atomic E-state index is 12.2. The van der Waals surface area contributed by atoms with Gasteiger partial charge in [0.2, 0.25) is 5.95 Å². The number of anilines is 3. The van der Waals surface area contributed by atoms with Crippen LogP contribution in [0.3, 0.4) is 0 Å². The Labute approximate surface area is 158 Å². The zero-order valence-electron chi connectivity index (χ0n) is 14.3. The quantitative estimate of drug-likeness (QED) is 0.540. The summed E-state index contributed by atoms with van der Waals surface area (Å²) in [5.74, 6) is -0.532. The summed E-state index contributed by atoms with van der Waals surface area (Å²) < 4.78 is 28.8. The van der Waals surface area contributed by atoms with E-state index in [1.807, 2.05) is 0 Å². The number of alkyl halides is 2. The summed E-state index contributed by atoms with van der Waals surface area (Å²) in [6.07, 6.45) is 3.24. The number of carboxylic acids is 1. The van der Waals surface area contributed by atoms with Crippen LogP contribution in [-0.4, -0.2) is 39.2 Å². The molecule has 1 aromatic carbocycles. The number of nitrogens with one attached hydrogen (secondary N) is 2. The maximum Gasteiger partial charge on any atom is 0.387 e. The highest BCUT2D eigenvalue weighted by Gasteiger charge is 2.09. The molecule has 3 aromatic rings. The van der Waals surface area contributed by atoms with Crippen molar-refractivity contribution in [3.8, 4) is 17.0 Å². The van der Waals surface area contributed by atoms with E-state index >= 15 is 0 Å². The molecule has 8 nitrogen and oxygen atoms in total. The van der Waals surface area contributed by atoms with Crippen LogP contribution >= 0.6 is 0 Å². The van der Waals surface area contributed by atoms with Gasteiger partial charge < -0.3 is 20.5 Å². The first kappa shape index (κ1) is 19.0. The zero-order chi connectivity index (χ0) is 19.9. The molecule has 0 spiro atoms. The number of carboxylic acid groups (broad SMARTS) is 1. The highest BCUT2D eigenvalue weighted by Crippen LogP contribution is 2.24. The third kappa shape index (κ3) is 5.34. The number of hydrogen-bond donors (Lipinski definition) is 3. The van der Waals surface area contributed by atoms with Crippen LogP contribution < -0.4 is 15.4 Å². The Morgan fingerprint density at radius 2 is 1.96 bits per heavy atom. The van der Waals surface area contributed by atoms with Gasteiger partial charge in [0.15, 0.2) is 0 Å². The molecule has 0 fully saturated rings. The van der Waals surface area contributed by atoms with Crippen molar-refractivity contribution >= 4 is 23.4 Å². The molecule has 0 radical (unpaired) electrons. The largest absolute Gasteiger partial charge is 0.480 e. The molecule has 3 rings (SSSR count). The number of pyridine rings is 1. The van der Waals surface area contributed by atoms with E-state index in [2.05, 4.69) is 30.3 Å². The molecule has 144 valence electrons. The normalized spacial score (nSPS) is 10.5. The van der Waals surface area contributed by atoms with Crippen molar-refractivity contribution < 1.29 is 23.4 Å². The summed E-state index contributed by atoms with van der Waals surface area (Å²) in [5.41, 5.74) is 1.81. The van der Waals surface area contributed by atoms with Gasteiger partial charge in [0.1, 0.15) is 18.1 Å². The fourth-order valence-corrected chi connectivity index (χ4v) is 2.27. The third-order valence-electron chi connectivity index (χ3n) is 3.43. The van der Waals surface area contributed by atoms with E-state index in [1.54, 1.807) is 42.7 Å². The number of rotatable bonds is 8. The van der Waals surface area contributed by atoms with Crippen LogP contribution in [0.15, 0.2) is 54.9 Å². The van der Waals surface area contributed by atoms with Gasteiger partial charge in [0, 0.05) is 29.7 Å². The average Bonchev–Trinajstić information content (AvgIpc) is 2.68. The van der Waals surface area contributed by atoms with Crippen molar-refractivity contribution in [2.45, 2.75) is 6.61 Å². The van der Waals surface area contributed by atoms with Crippen LogP contribution in [0.5, 0.6) is 5.75 Å². The molecule has 0 aliphatic carbocycles. The topological polar surface area (TPSA) is 109 Å². The number of nitrogens with zero attached hydrogens (tertiary/aromatic N) is 3. The molecular weight excluding hydrogens is 372 g/mol. The Morgan fingerprint density at radius 1 is 1.18 bits per heavy atom. The Hall–Kier alpha value is -3.82. The van der Waals surface area contributed by atoms with E-state index < -0.39 is 12.6 Å².